The van der Waals surface area contributed by atoms with Crippen LogP contribution in [0.4, 0.5) is 11.4 Å². The maximum atomic E-state index is 12.8. The van der Waals surface area contributed by atoms with Crippen molar-refractivity contribution in [3.8, 4) is 0 Å². The summed E-state index contributed by atoms with van der Waals surface area (Å²) in [5.41, 5.74) is 3.66. The number of amides is 2. The standard InChI is InChI=1S/C20H22N4O2/c1-15(25)22-10-12-23(13-11-22)17-6-7-18(21-14-17)20(26)24-9-8-16-4-2-3-5-19(16)24/h2-7,14H,8-13H2,1H3. The van der Waals surface area contributed by atoms with Crippen LogP contribution in [-0.4, -0.2) is 54.4 Å². The highest BCUT2D eigenvalue weighted by atomic mass is 16.2. The molecule has 0 saturated carbocycles. The van der Waals surface area contributed by atoms with Crippen LogP contribution in [-0.2, 0) is 11.2 Å². The van der Waals surface area contributed by atoms with Crippen molar-refractivity contribution in [3.63, 3.8) is 0 Å². The van der Waals surface area contributed by atoms with Gasteiger partial charge < -0.3 is 14.7 Å². The summed E-state index contributed by atoms with van der Waals surface area (Å²) < 4.78 is 0. The van der Waals surface area contributed by atoms with Gasteiger partial charge in [-0.3, -0.25) is 9.59 Å². The molecule has 1 aromatic carbocycles. The number of rotatable bonds is 2. The second-order valence-electron chi connectivity index (χ2n) is 6.73. The molecule has 134 valence electrons. The number of anilines is 2. The molecular formula is C20H22N4O2. The summed E-state index contributed by atoms with van der Waals surface area (Å²) in [6.07, 6.45) is 2.65. The van der Waals surface area contributed by atoms with E-state index in [2.05, 4.69) is 16.0 Å². The van der Waals surface area contributed by atoms with E-state index in [9.17, 15) is 9.59 Å². The lowest BCUT2D eigenvalue weighted by atomic mass is 10.2. The van der Waals surface area contributed by atoms with E-state index in [-0.39, 0.29) is 11.8 Å². The van der Waals surface area contributed by atoms with Crippen LogP contribution in [0.15, 0.2) is 42.6 Å². The third-order valence-electron chi connectivity index (χ3n) is 5.19. The third-order valence-corrected chi connectivity index (χ3v) is 5.19. The fourth-order valence-electron chi connectivity index (χ4n) is 3.67. The molecule has 1 aromatic heterocycles. The van der Waals surface area contributed by atoms with Crippen LogP contribution in [0.1, 0.15) is 23.0 Å². The normalized spacial score (nSPS) is 16.6. The van der Waals surface area contributed by atoms with Crippen LogP contribution in [0, 0.1) is 0 Å². The van der Waals surface area contributed by atoms with Crippen molar-refractivity contribution in [3.05, 3.63) is 53.9 Å². The van der Waals surface area contributed by atoms with Crippen LogP contribution in [0.2, 0.25) is 0 Å². The second kappa shape index (κ2) is 6.78. The molecule has 0 aliphatic carbocycles. The highest BCUT2D eigenvalue weighted by Crippen LogP contribution is 2.28. The summed E-state index contributed by atoms with van der Waals surface area (Å²) in [5, 5.41) is 0. The lowest BCUT2D eigenvalue weighted by Crippen LogP contribution is -2.48. The van der Waals surface area contributed by atoms with E-state index < -0.39 is 0 Å². The Morgan fingerprint density at radius 2 is 1.73 bits per heavy atom. The van der Waals surface area contributed by atoms with Gasteiger partial charge in [-0.15, -0.1) is 0 Å². The van der Waals surface area contributed by atoms with Gasteiger partial charge in [0.2, 0.25) is 5.91 Å². The maximum Gasteiger partial charge on any atom is 0.276 e. The predicted molar refractivity (Wildman–Crippen MR) is 101 cm³/mol. The molecule has 6 heteroatoms. The summed E-state index contributed by atoms with van der Waals surface area (Å²) in [4.78, 5) is 34.5. The molecule has 3 heterocycles. The average Bonchev–Trinajstić information content (AvgIpc) is 3.12. The van der Waals surface area contributed by atoms with Crippen molar-refractivity contribution in [2.24, 2.45) is 0 Å². The van der Waals surface area contributed by atoms with Gasteiger partial charge >= 0.3 is 0 Å². The van der Waals surface area contributed by atoms with Crippen LogP contribution >= 0.6 is 0 Å². The number of pyridine rings is 1. The van der Waals surface area contributed by atoms with E-state index in [1.165, 1.54) is 5.56 Å². The number of hydrogen-bond donors (Lipinski definition) is 0. The Morgan fingerprint density at radius 3 is 2.42 bits per heavy atom. The molecule has 0 radical (unpaired) electrons. The molecule has 0 N–H and O–H groups in total. The van der Waals surface area contributed by atoms with Gasteiger partial charge in [-0.2, -0.15) is 0 Å². The lowest BCUT2D eigenvalue weighted by Gasteiger charge is -2.35. The number of nitrogens with zero attached hydrogens (tertiary/aromatic N) is 4. The Morgan fingerprint density at radius 1 is 0.962 bits per heavy atom. The summed E-state index contributed by atoms with van der Waals surface area (Å²) in [5.74, 6) is 0.0671. The van der Waals surface area contributed by atoms with E-state index in [1.54, 1.807) is 19.2 Å². The predicted octanol–water partition coefficient (Wildman–Crippen LogP) is 1.95. The lowest BCUT2D eigenvalue weighted by molar-refractivity contribution is -0.129. The van der Waals surface area contributed by atoms with E-state index in [4.69, 9.17) is 0 Å². The number of hydrogen-bond acceptors (Lipinski definition) is 4. The molecule has 2 aliphatic heterocycles. The number of carbonyl (C=O) groups is 2. The Labute approximate surface area is 153 Å². The van der Waals surface area contributed by atoms with Gasteiger partial charge in [0.1, 0.15) is 5.69 Å². The van der Waals surface area contributed by atoms with Crippen molar-refractivity contribution in [2.45, 2.75) is 13.3 Å². The van der Waals surface area contributed by atoms with Gasteiger partial charge in [-0.25, -0.2) is 4.98 Å². The van der Waals surface area contributed by atoms with E-state index in [0.717, 1.165) is 44.0 Å². The molecule has 1 saturated heterocycles. The summed E-state index contributed by atoms with van der Waals surface area (Å²) in [7, 11) is 0. The van der Waals surface area contributed by atoms with Crippen molar-refractivity contribution < 1.29 is 9.59 Å². The average molecular weight is 350 g/mol. The minimum absolute atomic E-state index is 0.0529. The number of benzene rings is 1. The van der Waals surface area contributed by atoms with Crippen molar-refractivity contribution in [2.75, 3.05) is 42.5 Å². The Bertz CT molecular complexity index is 826. The van der Waals surface area contributed by atoms with Gasteiger partial charge in [0.15, 0.2) is 0 Å². The first-order chi connectivity index (χ1) is 12.6. The Kier molecular flexibility index (Phi) is 4.32. The molecule has 4 rings (SSSR count). The fourth-order valence-corrected chi connectivity index (χ4v) is 3.67. The van der Waals surface area contributed by atoms with E-state index in [1.807, 2.05) is 34.1 Å². The molecule has 0 bridgehead atoms. The maximum absolute atomic E-state index is 12.8. The van der Waals surface area contributed by atoms with Crippen molar-refractivity contribution >= 4 is 23.2 Å². The first-order valence-electron chi connectivity index (χ1n) is 9.00. The summed E-state index contributed by atoms with van der Waals surface area (Å²) in [6.45, 7) is 5.33. The molecule has 0 unspecified atom stereocenters. The van der Waals surface area contributed by atoms with Crippen molar-refractivity contribution in [1.82, 2.24) is 9.88 Å². The first-order valence-corrected chi connectivity index (χ1v) is 9.00. The SMILES string of the molecule is CC(=O)N1CCN(c2ccc(C(=O)N3CCc4ccccc43)nc2)CC1. The van der Waals surface area contributed by atoms with Gasteiger partial charge in [0, 0.05) is 45.3 Å². The quantitative estimate of drug-likeness (QED) is 0.831. The van der Waals surface area contributed by atoms with Crippen molar-refractivity contribution in [1.29, 1.82) is 0 Å². The largest absolute Gasteiger partial charge is 0.367 e. The zero-order chi connectivity index (χ0) is 18.1. The number of piperazine rings is 1. The molecule has 2 amide bonds. The fraction of sp³-hybridized carbons (Fsp3) is 0.350. The van der Waals surface area contributed by atoms with Crippen LogP contribution in [0.5, 0.6) is 0 Å². The minimum atomic E-state index is -0.0529. The summed E-state index contributed by atoms with van der Waals surface area (Å²) in [6, 6.07) is 11.8. The van der Waals surface area contributed by atoms with Crippen LogP contribution < -0.4 is 9.80 Å². The molecule has 6 nitrogen and oxygen atoms in total. The first kappa shape index (κ1) is 16.6. The van der Waals surface area contributed by atoms with Gasteiger partial charge in [0.05, 0.1) is 11.9 Å². The second-order valence-corrected chi connectivity index (χ2v) is 6.73. The number of carbonyl (C=O) groups excluding carboxylic acids is 2. The topological polar surface area (TPSA) is 56.8 Å². The smallest absolute Gasteiger partial charge is 0.276 e. The van der Waals surface area contributed by atoms with Gasteiger partial charge in [-0.05, 0) is 30.2 Å². The molecule has 0 spiro atoms. The highest BCUT2D eigenvalue weighted by molar-refractivity contribution is 6.06. The number of aromatic nitrogens is 1. The van der Waals surface area contributed by atoms with Crippen LogP contribution in [0.25, 0.3) is 0 Å². The van der Waals surface area contributed by atoms with Gasteiger partial charge in [-0.1, -0.05) is 18.2 Å². The molecule has 2 aliphatic rings. The highest BCUT2D eigenvalue weighted by Gasteiger charge is 2.26. The van der Waals surface area contributed by atoms with E-state index in [0.29, 0.717) is 12.2 Å². The zero-order valence-corrected chi connectivity index (χ0v) is 14.9. The Balaban J connectivity index is 1.45. The van der Waals surface area contributed by atoms with Crippen LogP contribution in [0.3, 0.4) is 0 Å². The Hall–Kier alpha value is -2.89. The minimum Gasteiger partial charge on any atom is -0.367 e. The van der Waals surface area contributed by atoms with E-state index >= 15 is 0 Å². The summed E-state index contributed by atoms with van der Waals surface area (Å²) >= 11 is 0. The zero-order valence-electron chi connectivity index (χ0n) is 14.9. The molecular weight excluding hydrogens is 328 g/mol. The number of fused-ring (bicyclic) bond motifs is 1. The monoisotopic (exact) mass is 350 g/mol. The molecule has 26 heavy (non-hydrogen) atoms. The van der Waals surface area contributed by atoms with Gasteiger partial charge in [0.25, 0.3) is 5.91 Å². The third kappa shape index (κ3) is 3.03. The molecule has 2 aromatic rings. The molecule has 0 atom stereocenters. The number of para-hydroxylation sites is 1. The molecule has 1 fully saturated rings.